The summed E-state index contributed by atoms with van der Waals surface area (Å²) in [6.45, 7) is 0. The van der Waals surface area contributed by atoms with Crippen LogP contribution in [0, 0.1) is 0 Å². The summed E-state index contributed by atoms with van der Waals surface area (Å²) in [7, 11) is 0. The van der Waals surface area contributed by atoms with Gasteiger partial charge in [-0.2, -0.15) is 0 Å². The lowest BCUT2D eigenvalue weighted by molar-refractivity contribution is -0.139. The average Bonchev–Trinajstić information content (AvgIpc) is 2.44. The highest BCUT2D eigenvalue weighted by molar-refractivity contribution is 7.15. The minimum atomic E-state index is -0.741. The van der Waals surface area contributed by atoms with E-state index in [-0.39, 0.29) is 11.8 Å². The fourth-order valence-electron chi connectivity index (χ4n) is 1.90. The van der Waals surface area contributed by atoms with Crippen molar-refractivity contribution in [2.75, 3.05) is 0 Å². The van der Waals surface area contributed by atoms with Crippen molar-refractivity contribution in [2.24, 2.45) is 0 Å². The second-order valence-electron chi connectivity index (χ2n) is 3.68. The predicted octanol–water partition coefficient (Wildman–Crippen LogP) is 2.69. The number of nitrogens with zero attached hydrogens (tertiary/aromatic N) is 1. The van der Waals surface area contributed by atoms with Gasteiger partial charge in [-0.05, 0) is 12.8 Å². The Morgan fingerprint density at radius 3 is 2.79 bits per heavy atom. The molecule has 1 heterocycles. The maximum absolute atomic E-state index is 10.7. The first kappa shape index (κ1) is 9.93. The Bertz CT molecular complexity index is 359. The Labute approximate surface area is 90.7 Å². The molecule has 1 aliphatic rings. The van der Waals surface area contributed by atoms with E-state index in [1.807, 2.05) is 0 Å². The summed E-state index contributed by atoms with van der Waals surface area (Å²) in [6, 6.07) is 0. The smallest absolute Gasteiger partial charge is 0.304 e. The highest BCUT2D eigenvalue weighted by Gasteiger charge is 2.42. The van der Waals surface area contributed by atoms with Gasteiger partial charge in [-0.3, -0.25) is 4.79 Å². The van der Waals surface area contributed by atoms with Crippen molar-refractivity contribution in [3.8, 4) is 0 Å². The minimum absolute atomic E-state index is 0.170. The third-order valence-corrected chi connectivity index (χ3v) is 4.16. The third kappa shape index (κ3) is 1.64. The van der Waals surface area contributed by atoms with E-state index in [2.05, 4.69) is 4.98 Å². The number of hydrogen-bond donors (Lipinski definition) is 1. The molecule has 3 nitrogen and oxygen atoms in total. The average molecular weight is 232 g/mol. The number of carbonyl (C=O) groups is 1. The molecule has 14 heavy (non-hydrogen) atoms. The number of carboxylic acid groups (broad SMARTS) is 1. The molecule has 1 saturated carbocycles. The Morgan fingerprint density at radius 2 is 2.43 bits per heavy atom. The summed E-state index contributed by atoms with van der Waals surface area (Å²) in [4.78, 5) is 15.7. The van der Waals surface area contributed by atoms with Crippen LogP contribution in [-0.2, 0) is 10.2 Å². The van der Waals surface area contributed by atoms with Crippen molar-refractivity contribution >= 4 is 28.9 Å². The van der Waals surface area contributed by atoms with Crippen molar-refractivity contribution in [1.29, 1.82) is 0 Å². The molecule has 0 saturated heterocycles. The Morgan fingerprint density at radius 1 is 1.71 bits per heavy atom. The van der Waals surface area contributed by atoms with Gasteiger partial charge < -0.3 is 5.11 Å². The molecule has 2 rings (SSSR count). The Hall–Kier alpha value is -0.610. The van der Waals surface area contributed by atoms with Gasteiger partial charge >= 0.3 is 5.97 Å². The number of thiazole rings is 1. The second kappa shape index (κ2) is 3.51. The first-order valence-electron chi connectivity index (χ1n) is 4.46. The number of rotatable bonds is 3. The molecule has 1 aromatic heterocycles. The molecular weight excluding hydrogens is 222 g/mol. The normalized spacial score (nSPS) is 18.9. The van der Waals surface area contributed by atoms with E-state index < -0.39 is 5.97 Å². The quantitative estimate of drug-likeness (QED) is 0.870. The molecule has 0 amide bonds. The summed E-state index contributed by atoms with van der Waals surface area (Å²) in [5.41, 5.74) is -0.170. The lowest BCUT2D eigenvalue weighted by Crippen LogP contribution is -2.35. The monoisotopic (exact) mass is 231 g/mol. The van der Waals surface area contributed by atoms with Gasteiger partial charge in [-0.25, -0.2) is 4.98 Å². The van der Waals surface area contributed by atoms with E-state index in [1.54, 1.807) is 6.20 Å². The lowest BCUT2D eigenvalue weighted by Gasteiger charge is -2.39. The van der Waals surface area contributed by atoms with E-state index >= 15 is 0 Å². The first-order chi connectivity index (χ1) is 6.62. The Balaban J connectivity index is 2.24. The summed E-state index contributed by atoms with van der Waals surface area (Å²) >= 11 is 7.15. The van der Waals surface area contributed by atoms with Crippen LogP contribution in [0.1, 0.15) is 30.6 Å². The molecule has 5 heteroatoms. The van der Waals surface area contributed by atoms with Crippen LogP contribution < -0.4 is 0 Å². The molecule has 0 atom stereocenters. The topological polar surface area (TPSA) is 50.2 Å². The Kier molecular flexibility index (Phi) is 2.49. The third-order valence-electron chi connectivity index (χ3n) is 2.80. The van der Waals surface area contributed by atoms with Crippen LogP contribution in [0.2, 0.25) is 4.47 Å². The highest BCUT2D eigenvalue weighted by Crippen LogP contribution is 2.48. The molecule has 0 radical (unpaired) electrons. The molecule has 1 aromatic rings. The van der Waals surface area contributed by atoms with Crippen molar-refractivity contribution in [2.45, 2.75) is 31.1 Å². The van der Waals surface area contributed by atoms with E-state index in [0.29, 0.717) is 4.47 Å². The van der Waals surface area contributed by atoms with Crippen molar-refractivity contribution in [3.05, 3.63) is 15.5 Å². The fraction of sp³-hybridized carbons (Fsp3) is 0.556. The molecule has 0 aromatic carbocycles. The largest absolute Gasteiger partial charge is 0.481 e. The van der Waals surface area contributed by atoms with Crippen LogP contribution in [0.25, 0.3) is 0 Å². The lowest BCUT2D eigenvalue weighted by atomic mass is 9.66. The second-order valence-corrected chi connectivity index (χ2v) is 5.29. The molecule has 1 aliphatic carbocycles. The van der Waals surface area contributed by atoms with Crippen LogP contribution in [0.5, 0.6) is 0 Å². The van der Waals surface area contributed by atoms with Gasteiger partial charge in [0.25, 0.3) is 0 Å². The van der Waals surface area contributed by atoms with Crippen LogP contribution in [0.15, 0.2) is 6.20 Å². The molecule has 0 spiro atoms. The number of carboxylic acids is 1. The number of hydrogen-bond acceptors (Lipinski definition) is 3. The van der Waals surface area contributed by atoms with Crippen LogP contribution in [0.3, 0.4) is 0 Å². The van der Waals surface area contributed by atoms with Crippen LogP contribution >= 0.6 is 22.9 Å². The molecule has 1 fully saturated rings. The molecule has 0 unspecified atom stereocenters. The highest BCUT2D eigenvalue weighted by atomic mass is 35.5. The van der Waals surface area contributed by atoms with Crippen LogP contribution in [-0.4, -0.2) is 16.1 Å². The maximum Gasteiger partial charge on any atom is 0.304 e. The van der Waals surface area contributed by atoms with E-state index in [0.717, 1.165) is 24.1 Å². The van der Waals surface area contributed by atoms with Crippen molar-refractivity contribution in [3.63, 3.8) is 0 Å². The maximum atomic E-state index is 10.7. The standard InChI is InChI=1S/C9H10ClNO2S/c10-8-11-5-6(14-8)9(2-1-3-9)4-7(12)13/h5H,1-4H2,(H,12,13). The van der Waals surface area contributed by atoms with Crippen LogP contribution in [0.4, 0.5) is 0 Å². The minimum Gasteiger partial charge on any atom is -0.481 e. The SMILES string of the molecule is O=C(O)CC1(c2cnc(Cl)s2)CCC1. The summed E-state index contributed by atoms with van der Waals surface area (Å²) in [5.74, 6) is -0.741. The van der Waals surface area contributed by atoms with E-state index in [1.165, 1.54) is 11.3 Å². The van der Waals surface area contributed by atoms with Crippen molar-refractivity contribution < 1.29 is 9.90 Å². The first-order valence-corrected chi connectivity index (χ1v) is 5.65. The summed E-state index contributed by atoms with van der Waals surface area (Å²) < 4.78 is 0.497. The summed E-state index contributed by atoms with van der Waals surface area (Å²) in [6.07, 6.45) is 4.90. The summed E-state index contributed by atoms with van der Waals surface area (Å²) in [5, 5.41) is 8.83. The predicted molar refractivity (Wildman–Crippen MR) is 54.9 cm³/mol. The van der Waals surface area contributed by atoms with Gasteiger partial charge in [0.05, 0.1) is 6.42 Å². The van der Waals surface area contributed by atoms with Gasteiger partial charge in [-0.1, -0.05) is 18.0 Å². The zero-order valence-electron chi connectivity index (χ0n) is 7.49. The zero-order chi connectivity index (χ0) is 10.2. The molecule has 76 valence electrons. The number of aliphatic carboxylic acids is 1. The van der Waals surface area contributed by atoms with Gasteiger partial charge in [0.15, 0.2) is 4.47 Å². The fourth-order valence-corrected chi connectivity index (χ4v) is 3.08. The number of aromatic nitrogens is 1. The van der Waals surface area contributed by atoms with E-state index in [9.17, 15) is 4.79 Å². The zero-order valence-corrected chi connectivity index (χ0v) is 9.07. The molecular formula is C9H10ClNO2S. The molecule has 0 aliphatic heterocycles. The van der Waals surface area contributed by atoms with E-state index in [4.69, 9.17) is 16.7 Å². The molecule has 0 bridgehead atoms. The van der Waals surface area contributed by atoms with Gasteiger partial charge in [0.2, 0.25) is 0 Å². The van der Waals surface area contributed by atoms with Gasteiger partial charge in [0.1, 0.15) is 0 Å². The van der Waals surface area contributed by atoms with Gasteiger partial charge in [-0.15, -0.1) is 11.3 Å². The number of halogens is 1. The molecule has 1 N–H and O–H groups in total. The van der Waals surface area contributed by atoms with Crippen molar-refractivity contribution in [1.82, 2.24) is 4.98 Å². The van der Waals surface area contributed by atoms with Gasteiger partial charge in [0, 0.05) is 16.5 Å².